The SMILES string of the molecule is O=C(NCC#Cc1ccccc1F)c1c(F)cccc1Cl. The number of amides is 1. The lowest BCUT2D eigenvalue weighted by molar-refractivity contribution is 0.0955. The highest BCUT2D eigenvalue weighted by Crippen LogP contribution is 2.18. The van der Waals surface area contributed by atoms with Gasteiger partial charge in [0.2, 0.25) is 0 Å². The maximum Gasteiger partial charge on any atom is 0.256 e. The fraction of sp³-hybridized carbons (Fsp3) is 0.0625. The molecule has 0 aliphatic rings. The molecule has 2 aromatic carbocycles. The van der Waals surface area contributed by atoms with Crippen LogP contribution in [0.3, 0.4) is 0 Å². The van der Waals surface area contributed by atoms with Gasteiger partial charge < -0.3 is 5.32 Å². The number of hydrogen-bond donors (Lipinski definition) is 1. The third-order valence-corrected chi connectivity index (χ3v) is 2.94. The monoisotopic (exact) mass is 305 g/mol. The van der Waals surface area contributed by atoms with Gasteiger partial charge in [0.05, 0.1) is 22.7 Å². The number of hydrogen-bond acceptors (Lipinski definition) is 1. The van der Waals surface area contributed by atoms with Crippen molar-refractivity contribution >= 4 is 17.5 Å². The molecule has 0 aliphatic carbocycles. The second-order valence-corrected chi connectivity index (χ2v) is 4.47. The molecule has 2 aromatic rings. The van der Waals surface area contributed by atoms with Crippen LogP contribution < -0.4 is 5.32 Å². The van der Waals surface area contributed by atoms with Crippen LogP contribution in [0.25, 0.3) is 0 Å². The molecule has 0 aliphatic heterocycles. The number of carbonyl (C=O) groups excluding carboxylic acids is 1. The summed E-state index contributed by atoms with van der Waals surface area (Å²) in [7, 11) is 0. The van der Waals surface area contributed by atoms with E-state index in [9.17, 15) is 13.6 Å². The van der Waals surface area contributed by atoms with Crippen molar-refractivity contribution in [2.45, 2.75) is 0 Å². The number of halogens is 3. The number of rotatable bonds is 2. The van der Waals surface area contributed by atoms with Crippen molar-refractivity contribution in [1.82, 2.24) is 5.32 Å². The molecule has 0 fully saturated rings. The van der Waals surface area contributed by atoms with Crippen molar-refractivity contribution in [3.63, 3.8) is 0 Å². The zero-order chi connectivity index (χ0) is 15.2. The van der Waals surface area contributed by atoms with E-state index >= 15 is 0 Å². The summed E-state index contributed by atoms with van der Waals surface area (Å²) in [6.45, 7) is -0.0438. The van der Waals surface area contributed by atoms with Gasteiger partial charge in [-0.15, -0.1) is 0 Å². The van der Waals surface area contributed by atoms with Gasteiger partial charge in [-0.05, 0) is 24.3 Å². The Balaban J connectivity index is 2.02. The normalized spacial score (nSPS) is 9.67. The molecular weight excluding hydrogens is 296 g/mol. The molecule has 0 unspecified atom stereocenters. The lowest BCUT2D eigenvalue weighted by Crippen LogP contribution is -2.25. The van der Waals surface area contributed by atoms with Crippen LogP contribution in [0.1, 0.15) is 15.9 Å². The van der Waals surface area contributed by atoms with E-state index < -0.39 is 17.5 Å². The van der Waals surface area contributed by atoms with Crippen molar-refractivity contribution in [2.75, 3.05) is 6.54 Å². The number of benzene rings is 2. The molecule has 0 spiro atoms. The maximum atomic E-state index is 13.5. The topological polar surface area (TPSA) is 29.1 Å². The molecule has 5 heteroatoms. The zero-order valence-corrected chi connectivity index (χ0v) is 11.5. The third kappa shape index (κ3) is 3.80. The highest BCUT2D eigenvalue weighted by atomic mass is 35.5. The predicted molar refractivity (Wildman–Crippen MR) is 77.0 cm³/mol. The second-order valence-electron chi connectivity index (χ2n) is 4.06. The molecule has 0 radical (unpaired) electrons. The Morgan fingerprint density at radius 2 is 1.81 bits per heavy atom. The molecule has 0 saturated heterocycles. The minimum Gasteiger partial charge on any atom is -0.341 e. The van der Waals surface area contributed by atoms with E-state index in [0.29, 0.717) is 0 Å². The van der Waals surface area contributed by atoms with Gasteiger partial charge in [0.25, 0.3) is 5.91 Å². The quantitative estimate of drug-likeness (QED) is 0.847. The Hall–Kier alpha value is -2.38. The standard InChI is InChI=1S/C16H10ClF2NO/c17-12-7-3-9-14(19)15(12)16(21)20-10-4-6-11-5-1-2-8-13(11)18/h1-3,5,7-9H,10H2,(H,20,21). The van der Waals surface area contributed by atoms with Gasteiger partial charge in [0.1, 0.15) is 11.6 Å². The lowest BCUT2D eigenvalue weighted by atomic mass is 10.2. The van der Waals surface area contributed by atoms with E-state index in [4.69, 9.17) is 11.6 Å². The summed E-state index contributed by atoms with van der Waals surface area (Å²) in [4.78, 5) is 11.8. The predicted octanol–water partition coefficient (Wildman–Crippen LogP) is 3.40. The van der Waals surface area contributed by atoms with Crippen molar-refractivity contribution in [3.8, 4) is 11.8 Å². The molecular formula is C16H10ClF2NO. The van der Waals surface area contributed by atoms with E-state index in [-0.39, 0.29) is 22.7 Å². The van der Waals surface area contributed by atoms with E-state index in [1.165, 1.54) is 24.3 Å². The van der Waals surface area contributed by atoms with Gasteiger partial charge in [-0.1, -0.05) is 41.6 Å². The second kappa shape index (κ2) is 6.87. The van der Waals surface area contributed by atoms with Gasteiger partial charge >= 0.3 is 0 Å². The smallest absolute Gasteiger partial charge is 0.256 e. The molecule has 106 valence electrons. The first-order chi connectivity index (χ1) is 10.1. The van der Waals surface area contributed by atoms with Crippen LogP contribution in [0.2, 0.25) is 5.02 Å². The first-order valence-corrected chi connectivity index (χ1v) is 6.43. The van der Waals surface area contributed by atoms with E-state index in [1.54, 1.807) is 12.1 Å². The van der Waals surface area contributed by atoms with Crippen LogP contribution >= 0.6 is 11.6 Å². The molecule has 0 aromatic heterocycles. The summed E-state index contributed by atoms with van der Waals surface area (Å²) in [5.74, 6) is 3.37. The molecule has 1 N–H and O–H groups in total. The minimum absolute atomic E-state index is 0.0227. The van der Waals surface area contributed by atoms with Crippen LogP contribution in [0, 0.1) is 23.5 Å². The average Bonchev–Trinajstić information content (AvgIpc) is 2.45. The molecule has 2 rings (SSSR count). The highest BCUT2D eigenvalue weighted by molar-refractivity contribution is 6.33. The van der Waals surface area contributed by atoms with Crippen LogP contribution in [0.15, 0.2) is 42.5 Å². The fourth-order valence-electron chi connectivity index (χ4n) is 1.63. The lowest BCUT2D eigenvalue weighted by Gasteiger charge is -2.04. The van der Waals surface area contributed by atoms with Crippen LogP contribution in [-0.2, 0) is 0 Å². The maximum absolute atomic E-state index is 13.5. The van der Waals surface area contributed by atoms with Crippen molar-refractivity contribution in [2.24, 2.45) is 0 Å². The Morgan fingerprint density at radius 1 is 1.10 bits per heavy atom. The molecule has 0 atom stereocenters. The van der Waals surface area contributed by atoms with Crippen molar-refractivity contribution in [3.05, 3.63) is 70.2 Å². The van der Waals surface area contributed by atoms with Gasteiger partial charge in [0.15, 0.2) is 0 Å². The number of carbonyl (C=O) groups is 1. The van der Waals surface area contributed by atoms with E-state index in [2.05, 4.69) is 17.2 Å². The first kappa shape index (κ1) is 15.0. The van der Waals surface area contributed by atoms with Crippen molar-refractivity contribution in [1.29, 1.82) is 0 Å². The summed E-state index contributed by atoms with van der Waals surface area (Å²) < 4.78 is 26.8. The Labute approximate surface area is 125 Å². The van der Waals surface area contributed by atoms with Crippen LogP contribution in [0.4, 0.5) is 8.78 Å². The average molecular weight is 306 g/mol. The van der Waals surface area contributed by atoms with Gasteiger partial charge in [-0.2, -0.15) is 0 Å². The third-order valence-electron chi connectivity index (χ3n) is 2.62. The Bertz CT molecular complexity index is 714. The van der Waals surface area contributed by atoms with Crippen LogP contribution in [0.5, 0.6) is 0 Å². The molecule has 0 saturated carbocycles. The summed E-state index contributed by atoms with van der Waals surface area (Å²) in [6.07, 6.45) is 0. The number of nitrogens with one attached hydrogen (secondary N) is 1. The highest BCUT2D eigenvalue weighted by Gasteiger charge is 2.14. The van der Waals surface area contributed by atoms with Gasteiger partial charge in [0, 0.05) is 0 Å². The van der Waals surface area contributed by atoms with Crippen LogP contribution in [-0.4, -0.2) is 12.5 Å². The van der Waals surface area contributed by atoms with Crippen molar-refractivity contribution < 1.29 is 13.6 Å². The molecule has 0 heterocycles. The largest absolute Gasteiger partial charge is 0.341 e. The summed E-state index contributed by atoms with van der Waals surface area (Å²) >= 11 is 5.77. The Kier molecular flexibility index (Phi) is 4.91. The minimum atomic E-state index is -0.706. The van der Waals surface area contributed by atoms with E-state index in [1.807, 2.05) is 0 Å². The first-order valence-electron chi connectivity index (χ1n) is 6.05. The summed E-state index contributed by atoms with van der Waals surface area (Å²) in [6, 6.07) is 10.0. The Morgan fingerprint density at radius 3 is 2.52 bits per heavy atom. The molecule has 0 bridgehead atoms. The van der Waals surface area contributed by atoms with Gasteiger partial charge in [-0.3, -0.25) is 4.79 Å². The molecule has 2 nitrogen and oxygen atoms in total. The zero-order valence-electron chi connectivity index (χ0n) is 10.8. The summed E-state index contributed by atoms with van der Waals surface area (Å²) in [5.41, 5.74) is 0.00234. The van der Waals surface area contributed by atoms with Gasteiger partial charge in [-0.25, -0.2) is 8.78 Å². The molecule has 21 heavy (non-hydrogen) atoms. The van der Waals surface area contributed by atoms with E-state index in [0.717, 1.165) is 6.07 Å². The summed E-state index contributed by atoms with van der Waals surface area (Å²) in [5, 5.41) is 2.43. The molecule has 1 amide bonds. The fourth-order valence-corrected chi connectivity index (χ4v) is 1.88.